The molecular formula is C13H15N3OS2. The summed E-state index contributed by atoms with van der Waals surface area (Å²) in [6, 6.07) is 8.73. The van der Waals surface area contributed by atoms with Crippen LogP contribution in [0.3, 0.4) is 0 Å². The van der Waals surface area contributed by atoms with Crippen LogP contribution in [0.25, 0.3) is 0 Å². The van der Waals surface area contributed by atoms with Gasteiger partial charge in [0, 0.05) is 30.2 Å². The van der Waals surface area contributed by atoms with E-state index in [0.717, 1.165) is 17.4 Å². The number of benzene rings is 1. The summed E-state index contributed by atoms with van der Waals surface area (Å²) in [6.07, 6.45) is 0.357. The van der Waals surface area contributed by atoms with Crippen LogP contribution in [0, 0.1) is 0 Å². The zero-order valence-corrected chi connectivity index (χ0v) is 12.0. The van der Waals surface area contributed by atoms with Gasteiger partial charge in [-0.15, -0.1) is 11.8 Å². The third kappa shape index (κ3) is 2.30. The number of para-hydroxylation sites is 1. The van der Waals surface area contributed by atoms with E-state index in [9.17, 15) is 4.79 Å². The Bertz CT molecular complexity index is 534. The first-order valence-electron chi connectivity index (χ1n) is 6.25. The number of nitrogens with zero attached hydrogens (tertiary/aromatic N) is 2. The van der Waals surface area contributed by atoms with E-state index in [1.54, 1.807) is 0 Å². The van der Waals surface area contributed by atoms with Crippen molar-refractivity contribution < 1.29 is 4.79 Å². The monoisotopic (exact) mass is 293 g/mol. The number of hydrogen-bond acceptors (Lipinski definition) is 3. The standard InChI is InChI=1S/C13H15N3OS2/c14-12(17)5-6-15-7-9-8-19-11-4-2-1-3-10(11)16(9)13(15)18/h1-4,9H,5-8H2,(H2,14,17). The molecule has 2 aliphatic heterocycles. The summed E-state index contributed by atoms with van der Waals surface area (Å²) in [6.45, 7) is 1.50. The second kappa shape index (κ2) is 5.02. The minimum atomic E-state index is -0.276. The molecular weight excluding hydrogens is 278 g/mol. The molecule has 1 atom stereocenters. The van der Waals surface area contributed by atoms with Crippen molar-refractivity contribution in [3.8, 4) is 0 Å². The first-order chi connectivity index (χ1) is 9.16. The summed E-state index contributed by atoms with van der Waals surface area (Å²) < 4.78 is 0. The average Bonchev–Trinajstić information content (AvgIpc) is 2.73. The number of primary amides is 1. The minimum Gasteiger partial charge on any atom is -0.370 e. The Hall–Kier alpha value is -1.27. The number of hydrogen-bond donors (Lipinski definition) is 1. The molecule has 2 aliphatic rings. The number of rotatable bonds is 3. The predicted molar refractivity (Wildman–Crippen MR) is 81.4 cm³/mol. The van der Waals surface area contributed by atoms with Crippen molar-refractivity contribution >= 4 is 40.7 Å². The van der Waals surface area contributed by atoms with Gasteiger partial charge in [0.2, 0.25) is 5.91 Å². The van der Waals surface area contributed by atoms with Gasteiger partial charge in [-0.3, -0.25) is 4.79 Å². The van der Waals surface area contributed by atoms with Crippen molar-refractivity contribution in [2.24, 2.45) is 5.73 Å². The van der Waals surface area contributed by atoms with Gasteiger partial charge < -0.3 is 15.5 Å². The van der Waals surface area contributed by atoms with Crippen LogP contribution in [0.1, 0.15) is 6.42 Å². The maximum Gasteiger partial charge on any atom is 0.219 e. The first-order valence-corrected chi connectivity index (χ1v) is 7.64. The fourth-order valence-corrected chi connectivity index (χ4v) is 4.07. The van der Waals surface area contributed by atoms with Crippen molar-refractivity contribution in [3.63, 3.8) is 0 Å². The van der Waals surface area contributed by atoms with Crippen LogP contribution in [-0.4, -0.2) is 40.8 Å². The lowest BCUT2D eigenvalue weighted by Gasteiger charge is -2.31. The lowest BCUT2D eigenvalue weighted by molar-refractivity contribution is -0.118. The fraction of sp³-hybridized carbons (Fsp3) is 0.385. The van der Waals surface area contributed by atoms with Gasteiger partial charge in [0.25, 0.3) is 0 Å². The maximum absolute atomic E-state index is 10.9. The van der Waals surface area contributed by atoms with E-state index in [4.69, 9.17) is 18.0 Å². The topological polar surface area (TPSA) is 49.6 Å². The highest BCUT2D eigenvalue weighted by atomic mass is 32.2. The molecule has 0 bridgehead atoms. The highest BCUT2D eigenvalue weighted by Crippen LogP contribution is 2.40. The van der Waals surface area contributed by atoms with Crippen molar-refractivity contribution in [1.29, 1.82) is 0 Å². The van der Waals surface area contributed by atoms with Crippen molar-refractivity contribution in [2.45, 2.75) is 17.4 Å². The van der Waals surface area contributed by atoms with Gasteiger partial charge >= 0.3 is 0 Å². The minimum absolute atomic E-state index is 0.276. The van der Waals surface area contributed by atoms with E-state index in [1.165, 1.54) is 10.6 Å². The second-order valence-corrected chi connectivity index (χ2v) is 6.17. The quantitative estimate of drug-likeness (QED) is 0.855. The normalized spacial score (nSPS) is 21.3. The van der Waals surface area contributed by atoms with E-state index >= 15 is 0 Å². The molecule has 0 saturated carbocycles. The third-order valence-corrected chi connectivity index (χ3v) is 5.12. The van der Waals surface area contributed by atoms with E-state index < -0.39 is 0 Å². The van der Waals surface area contributed by atoms with Crippen LogP contribution in [0.15, 0.2) is 29.2 Å². The van der Waals surface area contributed by atoms with Crippen LogP contribution < -0.4 is 10.6 Å². The number of carbonyl (C=O) groups excluding carboxylic acids is 1. The zero-order valence-electron chi connectivity index (χ0n) is 10.4. The molecule has 0 radical (unpaired) electrons. The van der Waals surface area contributed by atoms with Crippen LogP contribution >= 0.6 is 24.0 Å². The molecule has 3 rings (SSSR count). The molecule has 100 valence electrons. The molecule has 1 saturated heterocycles. The Morgan fingerprint density at radius 2 is 2.26 bits per heavy atom. The average molecular weight is 293 g/mol. The molecule has 19 heavy (non-hydrogen) atoms. The van der Waals surface area contributed by atoms with Crippen molar-refractivity contribution in [3.05, 3.63) is 24.3 Å². The number of thiocarbonyl (C=S) groups is 1. The largest absolute Gasteiger partial charge is 0.370 e. The molecule has 4 nitrogen and oxygen atoms in total. The molecule has 6 heteroatoms. The van der Waals surface area contributed by atoms with E-state index in [2.05, 4.69) is 28.0 Å². The number of amides is 1. The summed E-state index contributed by atoms with van der Waals surface area (Å²) in [5.41, 5.74) is 6.40. The molecule has 1 aromatic carbocycles. The summed E-state index contributed by atoms with van der Waals surface area (Å²) in [5, 5.41) is 0.819. The lowest BCUT2D eigenvalue weighted by Crippen LogP contribution is -2.38. The summed E-state index contributed by atoms with van der Waals surface area (Å²) in [7, 11) is 0. The third-order valence-electron chi connectivity index (χ3n) is 3.46. The smallest absolute Gasteiger partial charge is 0.219 e. The van der Waals surface area contributed by atoms with Gasteiger partial charge in [0.15, 0.2) is 5.11 Å². The Morgan fingerprint density at radius 3 is 3.05 bits per heavy atom. The predicted octanol–water partition coefficient (Wildman–Crippen LogP) is 1.44. The van der Waals surface area contributed by atoms with Gasteiger partial charge in [0.1, 0.15) is 0 Å². The van der Waals surface area contributed by atoms with Gasteiger partial charge in [-0.1, -0.05) is 12.1 Å². The summed E-state index contributed by atoms with van der Waals surface area (Å²) in [4.78, 5) is 16.5. The summed E-state index contributed by atoms with van der Waals surface area (Å²) >= 11 is 7.43. The molecule has 2 heterocycles. The number of carbonyl (C=O) groups is 1. The van der Waals surface area contributed by atoms with Crippen LogP contribution in [0.4, 0.5) is 5.69 Å². The number of fused-ring (bicyclic) bond motifs is 3. The van der Waals surface area contributed by atoms with Gasteiger partial charge in [-0.05, 0) is 24.4 Å². The molecule has 1 aromatic rings. The Kier molecular flexibility index (Phi) is 3.36. The summed E-state index contributed by atoms with van der Waals surface area (Å²) in [5.74, 6) is 0.756. The molecule has 1 fully saturated rings. The number of nitrogens with two attached hydrogens (primary N) is 1. The second-order valence-electron chi connectivity index (χ2n) is 4.75. The van der Waals surface area contributed by atoms with E-state index in [-0.39, 0.29) is 5.91 Å². The van der Waals surface area contributed by atoms with Gasteiger partial charge in [0.05, 0.1) is 11.7 Å². The molecule has 1 unspecified atom stereocenters. The zero-order chi connectivity index (χ0) is 13.4. The van der Waals surface area contributed by atoms with Crippen LogP contribution in [0.2, 0.25) is 0 Å². The molecule has 0 spiro atoms. The molecule has 0 aromatic heterocycles. The van der Waals surface area contributed by atoms with E-state index in [1.807, 2.05) is 17.8 Å². The highest BCUT2D eigenvalue weighted by molar-refractivity contribution is 7.99. The Balaban J connectivity index is 1.82. The SMILES string of the molecule is NC(=O)CCN1CC2CSc3ccccc3N2C1=S. The first kappa shape index (κ1) is 12.7. The molecule has 2 N–H and O–H groups in total. The number of thioether (sulfide) groups is 1. The van der Waals surface area contributed by atoms with Crippen LogP contribution in [0.5, 0.6) is 0 Å². The maximum atomic E-state index is 10.9. The fourth-order valence-electron chi connectivity index (χ4n) is 2.55. The van der Waals surface area contributed by atoms with Gasteiger partial charge in [-0.2, -0.15) is 0 Å². The van der Waals surface area contributed by atoms with Gasteiger partial charge in [-0.25, -0.2) is 0 Å². The van der Waals surface area contributed by atoms with Crippen molar-refractivity contribution in [2.75, 3.05) is 23.7 Å². The Morgan fingerprint density at radius 1 is 1.47 bits per heavy atom. The number of anilines is 1. The lowest BCUT2D eigenvalue weighted by atomic mass is 10.2. The molecule has 0 aliphatic carbocycles. The highest BCUT2D eigenvalue weighted by Gasteiger charge is 2.38. The van der Waals surface area contributed by atoms with Crippen LogP contribution in [-0.2, 0) is 4.79 Å². The van der Waals surface area contributed by atoms with Crippen molar-refractivity contribution in [1.82, 2.24) is 4.90 Å². The molecule has 1 amide bonds. The Labute approximate surface area is 121 Å². The van der Waals surface area contributed by atoms with E-state index in [0.29, 0.717) is 19.0 Å².